The maximum Gasteiger partial charge on any atom is 0.106 e. The van der Waals surface area contributed by atoms with E-state index in [1.165, 1.54) is 31.3 Å². The highest BCUT2D eigenvalue weighted by Gasteiger charge is 2.25. The maximum atomic E-state index is 4.88. The van der Waals surface area contributed by atoms with Crippen LogP contribution in [0.25, 0.3) is 76.1 Å². The summed E-state index contributed by atoms with van der Waals surface area (Å²) in [5.41, 5.74) is 10.4. The fraction of sp³-hybridized carbons (Fsp3) is 0. The molecule has 0 bridgehead atoms. The highest BCUT2D eigenvalue weighted by atomic mass is 32.1. The van der Waals surface area contributed by atoms with Crippen LogP contribution in [-0.4, -0.2) is 15.4 Å². The van der Waals surface area contributed by atoms with Gasteiger partial charge in [0.05, 0.1) is 0 Å². The van der Waals surface area contributed by atoms with E-state index in [9.17, 15) is 0 Å². The van der Waals surface area contributed by atoms with Crippen LogP contribution in [0.3, 0.4) is 0 Å². The molecule has 0 saturated heterocycles. The van der Waals surface area contributed by atoms with Crippen molar-refractivity contribution in [3.63, 3.8) is 0 Å². The second kappa shape index (κ2) is 10.8. The van der Waals surface area contributed by atoms with Crippen LogP contribution in [-0.2, 0) is 0 Å². The summed E-state index contributed by atoms with van der Waals surface area (Å²) in [4.78, 5) is 0. The first-order valence-electron chi connectivity index (χ1n) is 14.3. The van der Waals surface area contributed by atoms with Crippen molar-refractivity contribution in [3.05, 3.63) is 152 Å². The van der Waals surface area contributed by atoms with Gasteiger partial charge in [0, 0.05) is 36.9 Å². The van der Waals surface area contributed by atoms with Crippen LogP contribution in [0.4, 0.5) is 0 Å². The number of aromatic nitrogens is 3. The number of nitrogens with zero attached hydrogens (tertiary/aromatic N) is 3. The quantitative estimate of drug-likeness (QED) is 0.208. The molecule has 0 aliphatic rings. The van der Waals surface area contributed by atoms with E-state index in [-0.39, 0.29) is 0 Å². The first-order valence-corrected chi connectivity index (χ1v) is 15.1. The van der Waals surface area contributed by atoms with Gasteiger partial charge in [0.1, 0.15) is 11.4 Å². The molecule has 0 N–H and O–H groups in total. The number of benzene rings is 6. The van der Waals surface area contributed by atoms with E-state index < -0.39 is 0 Å². The van der Waals surface area contributed by atoms with E-state index in [4.69, 9.17) is 5.10 Å². The Morgan fingerprint density at radius 3 is 1.70 bits per heavy atom. The van der Waals surface area contributed by atoms with E-state index >= 15 is 0 Å². The lowest BCUT2D eigenvalue weighted by Crippen LogP contribution is -2.02. The highest BCUT2D eigenvalue weighted by Crippen LogP contribution is 2.49. The van der Waals surface area contributed by atoms with Crippen molar-refractivity contribution in [3.8, 4) is 55.9 Å². The minimum atomic E-state index is 0.815. The average molecular weight is 568 g/mol. The lowest BCUT2D eigenvalue weighted by molar-refractivity contribution is 0.879. The van der Waals surface area contributed by atoms with Gasteiger partial charge in [0.15, 0.2) is 0 Å². The molecule has 6 aromatic carbocycles. The molecule has 3 nitrogen and oxygen atoms in total. The lowest BCUT2D eigenvalue weighted by Gasteiger charge is -2.19. The number of hydrogen-bond donors (Lipinski definition) is 0. The summed E-state index contributed by atoms with van der Waals surface area (Å²) in [6.07, 6.45) is 0. The van der Waals surface area contributed by atoms with E-state index in [0.29, 0.717) is 0 Å². The first-order chi connectivity index (χ1) is 21.4. The predicted octanol–water partition coefficient (Wildman–Crippen LogP) is 10.6. The maximum absolute atomic E-state index is 4.88. The Labute approximate surface area is 253 Å². The molecule has 0 unspecified atom stereocenters. The molecule has 8 aromatic rings. The third kappa shape index (κ3) is 4.40. The molecule has 0 saturated carbocycles. The van der Waals surface area contributed by atoms with Gasteiger partial charge in [-0.25, -0.2) is 0 Å². The Hall–Kier alpha value is -5.45. The lowest BCUT2D eigenvalue weighted by atomic mass is 9.86. The summed E-state index contributed by atoms with van der Waals surface area (Å²) in [6.45, 7) is 0. The predicted molar refractivity (Wildman–Crippen MR) is 180 cm³/mol. The molecule has 0 amide bonds. The first kappa shape index (κ1) is 25.3. The highest BCUT2D eigenvalue weighted by molar-refractivity contribution is 7.26. The van der Waals surface area contributed by atoms with E-state index in [1.54, 1.807) is 0 Å². The molecule has 202 valence electrons. The Balaban J connectivity index is 1.54. The molecule has 0 radical (unpaired) electrons. The monoisotopic (exact) mass is 567 g/mol. The van der Waals surface area contributed by atoms with Gasteiger partial charge in [-0.05, 0) is 45.2 Å². The zero-order valence-electron chi connectivity index (χ0n) is 23.2. The van der Waals surface area contributed by atoms with Gasteiger partial charge in [-0.3, -0.25) is 0 Å². The van der Waals surface area contributed by atoms with Crippen LogP contribution in [0.15, 0.2) is 152 Å². The molecule has 0 spiro atoms. The molecule has 0 aliphatic carbocycles. The van der Waals surface area contributed by atoms with Gasteiger partial charge in [-0.15, -0.1) is 21.5 Å². The minimum Gasteiger partial charge on any atom is -0.135 e. The molecular weight excluding hydrogens is 543 g/mol. The normalized spacial score (nSPS) is 11.3. The van der Waals surface area contributed by atoms with Crippen molar-refractivity contribution in [2.45, 2.75) is 0 Å². The third-order valence-corrected chi connectivity index (χ3v) is 9.09. The molecule has 2 aromatic heterocycles. The summed E-state index contributed by atoms with van der Waals surface area (Å²) in [7, 11) is 0. The standard InChI is InChI=1S/C39H25N3S/c1-4-14-26(15-5-1)29-20-10-11-21-30(29)31-24-25-34-36(32-22-12-13-23-33(32)43-34)37(31)39-35(27-16-6-2-7-17-27)38(40-42-41-39)28-18-8-3-9-19-28/h1-25H. The van der Waals surface area contributed by atoms with Crippen LogP contribution in [0.5, 0.6) is 0 Å². The van der Waals surface area contributed by atoms with Crippen molar-refractivity contribution in [2.75, 3.05) is 0 Å². The summed E-state index contributed by atoms with van der Waals surface area (Å²) >= 11 is 1.81. The van der Waals surface area contributed by atoms with E-state index in [2.05, 4.69) is 138 Å². The van der Waals surface area contributed by atoms with Crippen LogP contribution >= 0.6 is 11.3 Å². The molecule has 43 heavy (non-hydrogen) atoms. The topological polar surface area (TPSA) is 38.7 Å². The molecule has 0 atom stereocenters. The molecule has 0 fully saturated rings. The van der Waals surface area contributed by atoms with Gasteiger partial charge < -0.3 is 0 Å². The van der Waals surface area contributed by atoms with Gasteiger partial charge in [0.25, 0.3) is 0 Å². The SMILES string of the molecule is c1ccc(-c2ccccc2-c2ccc3sc4ccccc4c3c2-c2nnnc(-c3ccccc3)c2-c2ccccc2)cc1. The Morgan fingerprint density at radius 1 is 0.372 bits per heavy atom. The molecule has 0 aliphatic heterocycles. The molecule has 4 heteroatoms. The zero-order chi connectivity index (χ0) is 28.6. The van der Waals surface area contributed by atoms with E-state index in [0.717, 1.165) is 44.8 Å². The largest absolute Gasteiger partial charge is 0.135 e. The second-order valence-electron chi connectivity index (χ2n) is 10.5. The van der Waals surface area contributed by atoms with Crippen molar-refractivity contribution < 1.29 is 0 Å². The number of thiophene rings is 1. The van der Waals surface area contributed by atoms with Crippen LogP contribution < -0.4 is 0 Å². The van der Waals surface area contributed by atoms with Gasteiger partial charge in [-0.2, -0.15) is 0 Å². The summed E-state index contributed by atoms with van der Waals surface area (Å²) in [5, 5.41) is 16.4. The molecule has 2 heterocycles. The van der Waals surface area contributed by atoms with Crippen LogP contribution in [0.2, 0.25) is 0 Å². The Kier molecular flexibility index (Phi) is 6.32. The van der Waals surface area contributed by atoms with Gasteiger partial charge in [-0.1, -0.05) is 140 Å². The fourth-order valence-corrected chi connectivity index (χ4v) is 7.16. The zero-order valence-corrected chi connectivity index (χ0v) is 24.0. The minimum absolute atomic E-state index is 0.815. The van der Waals surface area contributed by atoms with Crippen molar-refractivity contribution in [1.29, 1.82) is 0 Å². The van der Waals surface area contributed by atoms with Crippen molar-refractivity contribution >= 4 is 31.5 Å². The van der Waals surface area contributed by atoms with Crippen LogP contribution in [0.1, 0.15) is 0 Å². The fourth-order valence-electron chi connectivity index (χ4n) is 6.05. The van der Waals surface area contributed by atoms with Crippen molar-refractivity contribution in [2.24, 2.45) is 0 Å². The smallest absolute Gasteiger partial charge is 0.106 e. The van der Waals surface area contributed by atoms with Crippen molar-refractivity contribution in [1.82, 2.24) is 15.4 Å². The average Bonchev–Trinajstić information content (AvgIpc) is 3.47. The molecular formula is C39H25N3S. The Morgan fingerprint density at radius 2 is 0.953 bits per heavy atom. The summed E-state index contributed by atoms with van der Waals surface area (Å²) < 4.78 is 2.47. The molecule has 8 rings (SSSR count). The van der Waals surface area contributed by atoms with E-state index in [1.807, 2.05) is 35.6 Å². The third-order valence-electron chi connectivity index (χ3n) is 7.95. The van der Waals surface area contributed by atoms with Gasteiger partial charge in [0.2, 0.25) is 0 Å². The number of rotatable bonds is 5. The van der Waals surface area contributed by atoms with Gasteiger partial charge >= 0.3 is 0 Å². The Bertz CT molecular complexity index is 2220. The number of hydrogen-bond acceptors (Lipinski definition) is 4. The summed E-state index contributed by atoms with van der Waals surface area (Å²) in [5.74, 6) is 0. The second-order valence-corrected chi connectivity index (χ2v) is 11.5. The number of fused-ring (bicyclic) bond motifs is 3. The summed E-state index contributed by atoms with van der Waals surface area (Å²) in [6, 6.07) is 53.2. The van der Waals surface area contributed by atoms with Crippen LogP contribution in [0, 0.1) is 0 Å².